The zero-order valence-corrected chi connectivity index (χ0v) is 11.6. The molecule has 0 radical (unpaired) electrons. The van der Waals surface area contributed by atoms with Crippen LogP contribution in [-0.2, 0) is 17.7 Å². The Morgan fingerprint density at radius 1 is 1.29 bits per heavy atom. The molecule has 0 unspecified atom stereocenters. The summed E-state index contributed by atoms with van der Waals surface area (Å²) in [7, 11) is 0. The van der Waals surface area contributed by atoms with E-state index in [9.17, 15) is 0 Å². The van der Waals surface area contributed by atoms with Gasteiger partial charge in [-0.15, -0.1) is 0 Å². The summed E-state index contributed by atoms with van der Waals surface area (Å²) in [5.41, 5.74) is 2.13. The summed E-state index contributed by atoms with van der Waals surface area (Å²) >= 11 is 0. The van der Waals surface area contributed by atoms with Crippen molar-refractivity contribution in [2.75, 3.05) is 13.2 Å². The maximum atomic E-state index is 5.35. The number of ether oxygens (including phenoxy) is 1. The van der Waals surface area contributed by atoms with Gasteiger partial charge in [0.05, 0.1) is 24.0 Å². The summed E-state index contributed by atoms with van der Waals surface area (Å²) in [6.07, 6.45) is 3.54. The highest BCUT2D eigenvalue weighted by molar-refractivity contribution is 5.74. The Bertz CT molecular complexity index is 743. The lowest BCUT2D eigenvalue weighted by molar-refractivity contribution is 0.192. The second-order valence-electron chi connectivity index (χ2n) is 5.28. The quantitative estimate of drug-likeness (QED) is 0.734. The molecular formula is C15H16N4O2. The van der Waals surface area contributed by atoms with E-state index in [1.165, 1.54) is 0 Å². The van der Waals surface area contributed by atoms with Crippen LogP contribution in [0.4, 0.5) is 0 Å². The Morgan fingerprint density at radius 3 is 3.14 bits per heavy atom. The van der Waals surface area contributed by atoms with Crippen LogP contribution in [0.25, 0.3) is 11.0 Å². The summed E-state index contributed by atoms with van der Waals surface area (Å²) in [6, 6.07) is 8.09. The molecule has 0 aliphatic carbocycles. The molecule has 4 rings (SSSR count). The molecule has 0 amide bonds. The third kappa shape index (κ3) is 2.42. The van der Waals surface area contributed by atoms with Gasteiger partial charge in [-0.1, -0.05) is 17.3 Å². The van der Waals surface area contributed by atoms with Crippen molar-refractivity contribution in [1.29, 1.82) is 0 Å². The van der Waals surface area contributed by atoms with E-state index in [2.05, 4.69) is 25.8 Å². The Kier molecular flexibility index (Phi) is 3.16. The average molecular weight is 284 g/mol. The predicted octanol–water partition coefficient (Wildman–Crippen LogP) is 2.17. The number of aromatic nitrogens is 4. The van der Waals surface area contributed by atoms with E-state index >= 15 is 0 Å². The van der Waals surface area contributed by atoms with Gasteiger partial charge in [-0.05, 0) is 18.6 Å². The minimum atomic E-state index is 0.288. The molecule has 6 nitrogen and oxygen atoms in total. The maximum absolute atomic E-state index is 5.35. The number of benzene rings is 1. The molecule has 1 fully saturated rings. The first-order valence-corrected chi connectivity index (χ1v) is 7.20. The van der Waals surface area contributed by atoms with Crippen molar-refractivity contribution in [3.63, 3.8) is 0 Å². The summed E-state index contributed by atoms with van der Waals surface area (Å²) < 4.78 is 12.8. The number of imidazole rings is 1. The second kappa shape index (κ2) is 5.29. The van der Waals surface area contributed by atoms with Gasteiger partial charge < -0.3 is 13.8 Å². The molecule has 0 N–H and O–H groups in total. The molecule has 1 saturated heterocycles. The summed E-state index contributed by atoms with van der Waals surface area (Å²) in [5, 5.41) is 4.07. The van der Waals surface area contributed by atoms with E-state index in [0.717, 1.165) is 36.4 Å². The molecule has 21 heavy (non-hydrogen) atoms. The first-order valence-electron chi connectivity index (χ1n) is 7.20. The lowest BCUT2D eigenvalue weighted by Crippen LogP contribution is -2.02. The van der Waals surface area contributed by atoms with Gasteiger partial charge in [0.15, 0.2) is 5.82 Å². The standard InChI is InChI=1S/C15H16N4O2/c1-2-4-13-12(3-1)16-10-19(13)7-5-14-17-15(18-21-14)11-6-8-20-9-11/h1-4,10-11H,5-9H2/t11-/m1/s1. The Hall–Kier alpha value is -2.21. The normalized spacial score (nSPS) is 18.6. The van der Waals surface area contributed by atoms with Gasteiger partial charge in [0.2, 0.25) is 5.89 Å². The predicted molar refractivity (Wildman–Crippen MR) is 75.9 cm³/mol. The molecular weight excluding hydrogens is 268 g/mol. The summed E-state index contributed by atoms with van der Waals surface area (Å²) in [4.78, 5) is 8.86. The molecule has 0 saturated carbocycles. The van der Waals surface area contributed by atoms with Crippen LogP contribution in [-0.4, -0.2) is 32.9 Å². The molecule has 1 aliphatic heterocycles. The fourth-order valence-electron chi connectivity index (χ4n) is 2.68. The zero-order valence-electron chi connectivity index (χ0n) is 11.6. The first kappa shape index (κ1) is 12.5. The minimum Gasteiger partial charge on any atom is -0.381 e. The van der Waals surface area contributed by atoms with E-state index in [0.29, 0.717) is 18.9 Å². The van der Waals surface area contributed by atoms with Gasteiger partial charge in [-0.3, -0.25) is 0 Å². The Labute approximate surface area is 121 Å². The van der Waals surface area contributed by atoms with Crippen molar-refractivity contribution >= 4 is 11.0 Å². The molecule has 1 aromatic carbocycles. The van der Waals surface area contributed by atoms with Crippen LogP contribution >= 0.6 is 0 Å². The van der Waals surface area contributed by atoms with Gasteiger partial charge in [-0.25, -0.2) is 4.98 Å². The SMILES string of the molecule is c1ccc2c(c1)ncn2CCc1nc([C@@H]2CCOC2)no1. The molecule has 3 aromatic rings. The topological polar surface area (TPSA) is 66.0 Å². The highest BCUT2D eigenvalue weighted by Crippen LogP contribution is 2.22. The lowest BCUT2D eigenvalue weighted by Gasteiger charge is -2.01. The van der Waals surface area contributed by atoms with Crippen LogP contribution in [0, 0.1) is 0 Å². The van der Waals surface area contributed by atoms with Gasteiger partial charge >= 0.3 is 0 Å². The largest absolute Gasteiger partial charge is 0.381 e. The lowest BCUT2D eigenvalue weighted by atomic mass is 10.1. The van der Waals surface area contributed by atoms with E-state index in [1.54, 1.807) is 0 Å². The fraction of sp³-hybridized carbons (Fsp3) is 0.400. The third-order valence-corrected chi connectivity index (χ3v) is 3.87. The van der Waals surface area contributed by atoms with Crippen molar-refractivity contribution in [3.8, 4) is 0 Å². The van der Waals surface area contributed by atoms with Crippen molar-refractivity contribution in [3.05, 3.63) is 42.3 Å². The number of hydrogen-bond donors (Lipinski definition) is 0. The monoisotopic (exact) mass is 284 g/mol. The number of hydrogen-bond acceptors (Lipinski definition) is 5. The number of aryl methyl sites for hydroxylation is 2. The highest BCUT2D eigenvalue weighted by atomic mass is 16.5. The van der Waals surface area contributed by atoms with Crippen molar-refractivity contribution in [1.82, 2.24) is 19.7 Å². The van der Waals surface area contributed by atoms with Crippen LogP contribution in [0.5, 0.6) is 0 Å². The van der Waals surface area contributed by atoms with E-state index in [1.807, 2.05) is 24.5 Å². The number of para-hydroxylation sites is 2. The smallest absolute Gasteiger partial charge is 0.228 e. The van der Waals surface area contributed by atoms with Crippen LogP contribution in [0.1, 0.15) is 24.1 Å². The molecule has 108 valence electrons. The molecule has 0 spiro atoms. The first-order chi connectivity index (χ1) is 10.4. The highest BCUT2D eigenvalue weighted by Gasteiger charge is 2.22. The molecule has 1 atom stereocenters. The van der Waals surface area contributed by atoms with E-state index in [-0.39, 0.29) is 5.92 Å². The Morgan fingerprint density at radius 2 is 2.24 bits per heavy atom. The number of fused-ring (bicyclic) bond motifs is 1. The zero-order chi connectivity index (χ0) is 14.1. The number of nitrogens with zero attached hydrogens (tertiary/aromatic N) is 4. The van der Waals surface area contributed by atoms with Gasteiger partial charge in [0.1, 0.15) is 0 Å². The van der Waals surface area contributed by atoms with Gasteiger partial charge in [-0.2, -0.15) is 4.98 Å². The van der Waals surface area contributed by atoms with Crippen molar-refractivity contribution in [2.24, 2.45) is 0 Å². The molecule has 6 heteroatoms. The van der Waals surface area contributed by atoms with Crippen LogP contribution in [0.15, 0.2) is 35.1 Å². The molecule has 2 aromatic heterocycles. The maximum Gasteiger partial charge on any atom is 0.228 e. The molecule has 1 aliphatic rings. The summed E-state index contributed by atoms with van der Waals surface area (Å²) in [6.45, 7) is 2.27. The van der Waals surface area contributed by atoms with Crippen molar-refractivity contribution in [2.45, 2.75) is 25.3 Å². The number of rotatable bonds is 4. The molecule has 3 heterocycles. The van der Waals surface area contributed by atoms with Crippen molar-refractivity contribution < 1.29 is 9.26 Å². The average Bonchev–Trinajstić information content (AvgIpc) is 3.25. The van der Waals surface area contributed by atoms with E-state index in [4.69, 9.17) is 9.26 Å². The van der Waals surface area contributed by atoms with Crippen LogP contribution in [0.2, 0.25) is 0 Å². The second-order valence-corrected chi connectivity index (χ2v) is 5.28. The molecule has 0 bridgehead atoms. The summed E-state index contributed by atoms with van der Waals surface area (Å²) in [5.74, 6) is 1.74. The minimum absolute atomic E-state index is 0.288. The van der Waals surface area contributed by atoms with E-state index < -0.39 is 0 Å². The van der Waals surface area contributed by atoms with Crippen LogP contribution < -0.4 is 0 Å². The van der Waals surface area contributed by atoms with Gasteiger partial charge in [0.25, 0.3) is 0 Å². The third-order valence-electron chi connectivity index (χ3n) is 3.87. The Balaban J connectivity index is 1.47. The van der Waals surface area contributed by atoms with Gasteiger partial charge in [0, 0.05) is 25.5 Å². The van der Waals surface area contributed by atoms with Crippen LogP contribution in [0.3, 0.4) is 0 Å². The fourth-order valence-corrected chi connectivity index (χ4v) is 2.68.